The molecule has 7 heteroatoms. The summed E-state index contributed by atoms with van der Waals surface area (Å²) in [4.78, 5) is 34.7. The number of amides is 2. The summed E-state index contributed by atoms with van der Waals surface area (Å²) in [6.07, 6.45) is 12.4. The molecule has 3 aliphatic rings. The highest BCUT2D eigenvalue weighted by Crippen LogP contribution is 2.28. The third-order valence-electron chi connectivity index (χ3n) is 4.95. The average Bonchev–Trinajstić information content (AvgIpc) is 3.10. The average molecular weight is 382 g/mol. The molecule has 2 amide bonds. The summed E-state index contributed by atoms with van der Waals surface area (Å²) in [6.45, 7) is 1.40. The number of aliphatic imine (C=N–C) groups is 1. The Labute approximate surface area is 162 Å². The lowest BCUT2D eigenvalue weighted by Crippen LogP contribution is -2.29. The number of carbonyl (C=O) groups excluding carboxylic acids is 2. The molecule has 0 saturated carbocycles. The van der Waals surface area contributed by atoms with Crippen LogP contribution in [0.4, 0.5) is 5.82 Å². The fraction of sp³-hybridized carbons (Fsp3) is 0.400. The molecule has 1 unspecified atom stereocenters. The minimum Gasteiger partial charge on any atom is -0.335 e. The third kappa shape index (κ3) is 4.30. The molecule has 0 saturated heterocycles. The van der Waals surface area contributed by atoms with Crippen LogP contribution < -0.4 is 5.32 Å². The van der Waals surface area contributed by atoms with Crippen molar-refractivity contribution < 1.29 is 9.59 Å². The van der Waals surface area contributed by atoms with Gasteiger partial charge in [-0.2, -0.15) is 0 Å². The van der Waals surface area contributed by atoms with Gasteiger partial charge in [-0.3, -0.25) is 14.6 Å². The Morgan fingerprint density at radius 3 is 3.11 bits per heavy atom. The molecule has 1 aromatic rings. The van der Waals surface area contributed by atoms with Crippen molar-refractivity contribution in [2.45, 2.75) is 31.1 Å². The van der Waals surface area contributed by atoms with E-state index in [2.05, 4.69) is 21.4 Å². The van der Waals surface area contributed by atoms with Gasteiger partial charge in [-0.25, -0.2) is 4.98 Å². The number of nitrogens with zero attached hydrogens (tertiary/aromatic N) is 3. The molecule has 0 radical (unpaired) electrons. The first-order chi connectivity index (χ1) is 13.2. The van der Waals surface area contributed by atoms with Crippen molar-refractivity contribution in [1.29, 1.82) is 0 Å². The number of carbonyl (C=O) groups is 2. The standard InChI is InChI=1S/C20H22N4O2S/c25-17-5-4-16-12-14(13-22-19(16)23-17)3-6-18(26)24-9-1-2-15(7-10-24)20-21-8-11-27-20/h3,6-8,12-13,20H,1-2,4-5,9-11H2,(H,22,23,25). The normalized spacial score (nSPS) is 22.4. The van der Waals surface area contributed by atoms with Crippen LogP contribution in [0.1, 0.15) is 30.4 Å². The van der Waals surface area contributed by atoms with E-state index in [1.807, 2.05) is 28.9 Å². The van der Waals surface area contributed by atoms with Crippen molar-refractivity contribution in [3.05, 3.63) is 41.1 Å². The van der Waals surface area contributed by atoms with Crippen molar-refractivity contribution in [3.63, 3.8) is 0 Å². The van der Waals surface area contributed by atoms with Crippen molar-refractivity contribution in [2.75, 3.05) is 24.2 Å². The fourth-order valence-electron chi connectivity index (χ4n) is 3.48. The Balaban J connectivity index is 1.40. The molecule has 4 rings (SSSR count). The van der Waals surface area contributed by atoms with Crippen LogP contribution in [0, 0.1) is 0 Å². The molecule has 27 heavy (non-hydrogen) atoms. The molecule has 0 aliphatic carbocycles. The van der Waals surface area contributed by atoms with Crippen molar-refractivity contribution in [1.82, 2.24) is 9.88 Å². The van der Waals surface area contributed by atoms with E-state index in [0.29, 0.717) is 25.2 Å². The lowest BCUT2D eigenvalue weighted by Gasteiger charge is -2.17. The van der Waals surface area contributed by atoms with Crippen LogP contribution in [0.15, 0.2) is 35.0 Å². The van der Waals surface area contributed by atoms with Crippen molar-refractivity contribution in [2.24, 2.45) is 4.99 Å². The van der Waals surface area contributed by atoms with Gasteiger partial charge in [-0.05, 0) is 48.1 Å². The molecule has 6 nitrogen and oxygen atoms in total. The van der Waals surface area contributed by atoms with E-state index in [1.165, 1.54) is 5.57 Å². The molecular weight excluding hydrogens is 360 g/mol. The van der Waals surface area contributed by atoms with Gasteiger partial charge in [0.2, 0.25) is 11.8 Å². The quantitative estimate of drug-likeness (QED) is 0.644. The van der Waals surface area contributed by atoms with Gasteiger partial charge < -0.3 is 10.2 Å². The van der Waals surface area contributed by atoms with E-state index < -0.39 is 0 Å². The highest BCUT2D eigenvalue weighted by atomic mass is 32.2. The number of fused-ring (bicyclic) bond motifs is 1. The summed E-state index contributed by atoms with van der Waals surface area (Å²) in [6, 6.07) is 1.99. The zero-order chi connectivity index (χ0) is 18.6. The first-order valence-corrected chi connectivity index (χ1v) is 10.3. The monoisotopic (exact) mass is 382 g/mol. The van der Waals surface area contributed by atoms with E-state index >= 15 is 0 Å². The second-order valence-electron chi connectivity index (χ2n) is 6.84. The Hall–Kier alpha value is -2.41. The first-order valence-electron chi connectivity index (χ1n) is 9.27. The number of aryl methyl sites for hydroxylation is 1. The SMILES string of the molecule is O=C1CCc2cc(C=CC(=O)N3CC=C(C4N=CCS4)CCC3)cnc2N1. The highest BCUT2D eigenvalue weighted by Gasteiger charge is 2.20. The highest BCUT2D eigenvalue weighted by molar-refractivity contribution is 8.01. The topological polar surface area (TPSA) is 74.7 Å². The van der Waals surface area contributed by atoms with Crippen LogP contribution >= 0.6 is 11.8 Å². The summed E-state index contributed by atoms with van der Waals surface area (Å²) >= 11 is 1.85. The summed E-state index contributed by atoms with van der Waals surface area (Å²) in [7, 11) is 0. The van der Waals surface area contributed by atoms with Crippen LogP contribution in [0.25, 0.3) is 6.08 Å². The second-order valence-corrected chi connectivity index (χ2v) is 7.96. The number of hydrogen-bond donors (Lipinski definition) is 1. The molecule has 1 aromatic heterocycles. The molecule has 0 spiro atoms. The fourth-order valence-corrected chi connectivity index (χ4v) is 4.43. The summed E-state index contributed by atoms with van der Waals surface area (Å²) < 4.78 is 0. The van der Waals surface area contributed by atoms with Crippen LogP contribution in [0.5, 0.6) is 0 Å². The van der Waals surface area contributed by atoms with E-state index in [4.69, 9.17) is 0 Å². The van der Waals surface area contributed by atoms with Gasteiger partial charge in [0.05, 0.1) is 0 Å². The van der Waals surface area contributed by atoms with E-state index in [1.54, 1.807) is 18.3 Å². The predicted octanol–water partition coefficient (Wildman–Crippen LogP) is 2.67. The maximum Gasteiger partial charge on any atom is 0.246 e. The van der Waals surface area contributed by atoms with Crippen LogP contribution in [0.3, 0.4) is 0 Å². The number of rotatable bonds is 3. The minimum atomic E-state index is 0.00347. The molecule has 3 aliphatic heterocycles. The number of nitrogens with one attached hydrogen (secondary N) is 1. The van der Waals surface area contributed by atoms with E-state index in [0.717, 1.165) is 36.3 Å². The van der Waals surface area contributed by atoms with Gasteiger partial charge in [-0.15, -0.1) is 11.8 Å². The number of thioether (sulfide) groups is 1. The maximum atomic E-state index is 12.6. The summed E-state index contributed by atoms with van der Waals surface area (Å²) in [5, 5.41) is 3.02. The lowest BCUT2D eigenvalue weighted by atomic mass is 10.0. The van der Waals surface area contributed by atoms with Crippen LogP contribution in [-0.4, -0.2) is 52.1 Å². The predicted molar refractivity (Wildman–Crippen MR) is 109 cm³/mol. The van der Waals surface area contributed by atoms with Crippen LogP contribution in [-0.2, 0) is 16.0 Å². The van der Waals surface area contributed by atoms with E-state index in [-0.39, 0.29) is 17.2 Å². The first kappa shape index (κ1) is 18.0. The molecular formula is C20H22N4O2S. The van der Waals surface area contributed by atoms with E-state index in [9.17, 15) is 9.59 Å². The van der Waals surface area contributed by atoms with Crippen LogP contribution in [0.2, 0.25) is 0 Å². The maximum absolute atomic E-state index is 12.6. The van der Waals surface area contributed by atoms with Gasteiger partial charge in [0.15, 0.2) is 0 Å². The Morgan fingerprint density at radius 1 is 1.33 bits per heavy atom. The van der Waals surface area contributed by atoms with Crippen molar-refractivity contribution in [3.8, 4) is 0 Å². The molecule has 0 fully saturated rings. The molecule has 4 heterocycles. The Kier molecular flexibility index (Phi) is 5.38. The van der Waals surface area contributed by atoms with Gasteiger partial charge in [-0.1, -0.05) is 6.08 Å². The van der Waals surface area contributed by atoms with Crippen molar-refractivity contribution >= 4 is 41.7 Å². The lowest BCUT2D eigenvalue weighted by molar-refractivity contribution is -0.125. The van der Waals surface area contributed by atoms with Gasteiger partial charge >= 0.3 is 0 Å². The molecule has 0 aromatic carbocycles. The number of aromatic nitrogens is 1. The Bertz CT molecular complexity index is 846. The largest absolute Gasteiger partial charge is 0.335 e. The number of hydrogen-bond acceptors (Lipinski definition) is 5. The molecule has 0 bridgehead atoms. The second kappa shape index (κ2) is 8.08. The minimum absolute atomic E-state index is 0.00347. The molecule has 140 valence electrons. The number of anilines is 1. The zero-order valence-electron chi connectivity index (χ0n) is 15.1. The van der Waals surface area contributed by atoms with Gasteiger partial charge in [0.1, 0.15) is 11.2 Å². The molecule has 1 N–H and O–H groups in total. The third-order valence-corrected chi connectivity index (χ3v) is 6.03. The Morgan fingerprint density at radius 2 is 2.26 bits per heavy atom. The summed E-state index contributed by atoms with van der Waals surface area (Å²) in [5.74, 6) is 1.63. The zero-order valence-corrected chi connectivity index (χ0v) is 15.9. The van der Waals surface area contributed by atoms with Gasteiger partial charge in [0.25, 0.3) is 0 Å². The smallest absolute Gasteiger partial charge is 0.246 e. The van der Waals surface area contributed by atoms with Gasteiger partial charge in [0, 0.05) is 43.8 Å². The summed E-state index contributed by atoms with van der Waals surface area (Å²) in [5.41, 5.74) is 3.23. The number of pyridine rings is 1. The molecule has 1 atom stereocenters.